The van der Waals surface area contributed by atoms with E-state index < -0.39 is 0 Å². The van der Waals surface area contributed by atoms with Crippen LogP contribution in [0.15, 0.2) is 48.5 Å². The van der Waals surface area contributed by atoms with Gasteiger partial charge in [-0.3, -0.25) is 4.57 Å². The molecule has 0 radical (unpaired) electrons. The number of nitrogens with zero attached hydrogens (tertiary/aromatic N) is 3. The van der Waals surface area contributed by atoms with E-state index in [1.807, 2.05) is 37.3 Å². The van der Waals surface area contributed by atoms with Crippen LogP contribution in [-0.2, 0) is 0 Å². The van der Waals surface area contributed by atoms with Gasteiger partial charge in [0.1, 0.15) is 5.82 Å². The summed E-state index contributed by atoms with van der Waals surface area (Å²) in [4.78, 5) is 0. The zero-order valence-corrected chi connectivity index (χ0v) is 11.5. The van der Waals surface area contributed by atoms with Crippen LogP contribution in [-0.4, -0.2) is 14.8 Å². The normalized spacial score (nSPS) is 10.8. The first-order valence-corrected chi connectivity index (χ1v) is 6.47. The highest BCUT2D eigenvalue weighted by Crippen LogP contribution is 2.27. The summed E-state index contributed by atoms with van der Waals surface area (Å²) in [5.74, 6) is 0.349. The van der Waals surface area contributed by atoms with Gasteiger partial charge in [0.2, 0.25) is 5.28 Å². The Morgan fingerprint density at radius 2 is 1.80 bits per heavy atom. The number of aromatic nitrogens is 3. The molecule has 3 rings (SSSR count). The lowest BCUT2D eigenvalue weighted by Crippen LogP contribution is -2.00. The van der Waals surface area contributed by atoms with Crippen LogP contribution in [0.3, 0.4) is 0 Å². The summed E-state index contributed by atoms with van der Waals surface area (Å²) in [5, 5.41) is 8.28. The van der Waals surface area contributed by atoms with E-state index in [0.717, 1.165) is 16.8 Å². The summed E-state index contributed by atoms with van der Waals surface area (Å²) >= 11 is 6.14. The topological polar surface area (TPSA) is 30.7 Å². The van der Waals surface area contributed by atoms with Gasteiger partial charge in [0.25, 0.3) is 0 Å². The Balaban J connectivity index is 2.22. The molecule has 0 aliphatic heterocycles. The van der Waals surface area contributed by atoms with E-state index in [1.165, 1.54) is 12.1 Å². The Morgan fingerprint density at radius 3 is 2.50 bits per heavy atom. The lowest BCUT2D eigenvalue weighted by molar-refractivity contribution is 0.626. The van der Waals surface area contributed by atoms with E-state index in [1.54, 1.807) is 10.6 Å². The summed E-state index contributed by atoms with van der Waals surface area (Å²) in [6.07, 6.45) is 0. The predicted molar refractivity (Wildman–Crippen MR) is 76.5 cm³/mol. The number of hydrogen-bond acceptors (Lipinski definition) is 2. The lowest BCUT2D eigenvalue weighted by atomic mass is 10.1. The second-order valence-corrected chi connectivity index (χ2v) is 4.76. The molecule has 0 saturated heterocycles. The highest BCUT2D eigenvalue weighted by Gasteiger charge is 2.15. The average Bonchev–Trinajstić information content (AvgIpc) is 2.82. The second-order valence-electron chi connectivity index (χ2n) is 4.42. The van der Waals surface area contributed by atoms with Crippen molar-refractivity contribution in [3.63, 3.8) is 0 Å². The van der Waals surface area contributed by atoms with Crippen molar-refractivity contribution in [2.24, 2.45) is 0 Å². The van der Waals surface area contributed by atoms with Gasteiger partial charge in [-0.2, -0.15) is 0 Å². The van der Waals surface area contributed by atoms with Crippen LogP contribution in [0.2, 0.25) is 5.28 Å². The molecule has 3 nitrogen and oxygen atoms in total. The largest absolute Gasteiger partial charge is 0.265 e. The molecule has 0 saturated carbocycles. The van der Waals surface area contributed by atoms with Gasteiger partial charge in [0.15, 0.2) is 5.82 Å². The van der Waals surface area contributed by atoms with Crippen molar-refractivity contribution >= 4 is 11.6 Å². The van der Waals surface area contributed by atoms with Gasteiger partial charge in [-0.1, -0.05) is 30.3 Å². The molecule has 0 N–H and O–H groups in total. The molecule has 0 atom stereocenters. The monoisotopic (exact) mass is 287 g/mol. The molecular formula is C15H11ClFN3. The van der Waals surface area contributed by atoms with Crippen LogP contribution in [0.1, 0.15) is 5.56 Å². The molecule has 2 aromatic carbocycles. The fourth-order valence-electron chi connectivity index (χ4n) is 2.12. The summed E-state index contributed by atoms with van der Waals surface area (Å²) in [5.41, 5.74) is 2.43. The summed E-state index contributed by atoms with van der Waals surface area (Å²) < 4.78 is 15.0. The van der Waals surface area contributed by atoms with E-state index in [4.69, 9.17) is 11.6 Å². The van der Waals surface area contributed by atoms with Crippen molar-refractivity contribution in [2.45, 2.75) is 6.92 Å². The maximum atomic E-state index is 13.2. The molecule has 0 fully saturated rings. The van der Waals surface area contributed by atoms with Crippen molar-refractivity contribution in [1.29, 1.82) is 0 Å². The molecule has 0 amide bonds. The summed E-state index contributed by atoms with van der Waals surface area (Å²) in [7, 11) is 0. The number of halogens is 2. The van der Waals surface area contributed by atoms with Crippen molar-refractivity contribution in [3.05, 3.63) is 65.2 Å². The minimum absolute atomic E-state index is 0.249. The maximum absolute atomic E-state index is 13.2. The Kier molecular flexibility index (Phi) is 3.24. The zero-order valence-electron chi connectivity index (χ0n) is 10.7. The van der Waals surface area contributed by atoms with Crippen molar-refractivity contribution < 1.29 is 4.39 Å². The first-order chi connectivity index (χ1) is 9.66. The Bertz CT molecular complexity index is 753. The molecule has 0 bridgehead atoms. The van der Waals surface area contributed by atoms with E-state index >= 15 is 0 Å². The predicted octanol–water partition coefficient (Wildman–Crippen LogP) is 4.04. The summed E-state index contributed by atoms with van der Waals surface area (Å²) in [6.45, 7) is 1.82. The summed E-state index contributed by atoms with van der Waals surface area (Å²) in [6, 6.07) is 14.1. The molecule has 0 aliphatic rings. The molecular weight excluding hydrogens is 277 g/mol. The van der Waals surface area contributed by atoms with Crippen LogP contribution in [0.25, 0.3) is 17.1 Å². The van der Waals surface area contributed by atoms with Crippen LogP contribution in [0.4, 0.5) is 4.39 Å². The van der Waals surface area contributed by atoms with Crippen LogP contribution < -0.4 is 0 Å². The quantitative estimate of drug-likeness (QED) is 0.712. The Morgan fingerprint density at radius 1 is 1.05 bits per heavy atom. The van der Waals surface area contributed by atoms with Crippen molar-refractivity contribution in [1.82, 2.24) is 14.8 Å². The lowest BCUT2D eigenvalue weighted by Gasteiger charge is -2.10. The number of rotatable bonds is 2. The SMILES string of the molecule is Cc1cc(F)ccc1-n1c(Cl)nnc1-c1ccccc1. The molecule has 100 valence electrons. The minimum atomic E-state index is -0.281. The molecule has 5 heteroatoms. The molecule has 0 spiro atoms. The first-order valence-electron chi connectivity index (χ1n) is 6.09. The molecule has 0 unspecified atom stereocenters. The smallest absolute Gasteiger partial charge is 0.229 e. The van der Waals surface area contributed by atoms with Gasteiger partial charge >= 0.3 is 0 Å². The molecule has 0 aliphatic carbocycles. The van der Waals surface area contributed by atoms with Crippen LogP contribution in [0, 0.1) is 12.7 Å². The van der Waals surface area contributed by atoms with E-state index in [2.05, 4.69) is 10.2 Å². The average molecular weight is 288 g/mol. The minimum Gasteiger partial charge on any atom is -0.265 e. The Labute approximate surface area is 120 Å². The van der Waals surface area contributed by atoms with Crippen LogP contribution in [0.5, 0.6) is 0 Å². The zero-order chi connectivity index (χ0) is 14.1. The maximum Gasteiger partial charge on any atom is 0.229 e. The van der Waals surface area contributed by atoms with Crippen molar-refractivity contribution in [2.75, 3.05) is 0 Å². The van der Waals surface area contributed by atoms with Crippen LogP contribution >= 0.6 is 11.6 Å². The van der Waals surface area contributed by atoms with Gasteiger partial charge in [0, 0.05) is 5.56 Å². The van der Waals surface area contributed by atoms with E-state index in [9.17, 15) is 4.39 Å². The Hall–Kier alpha value is -2.20. The molecule has 1 heterocycles. The molecule has 1 aromatic heterocycles. The van der Waals surface area contributed by atoms with E-state index in [-0.39, 0.29) is 11.1 Å². The van der Waals surface area contributed by atoms with Gasteiger partial charge in [-0.15, -0.1) is 10.2 Å². The highest BCUT2D eigenvalue weighted by atomic mass is 35.5. The number of aryl methyl sites for hydroxylation is 1. The van der Waals surface area contributed by atoms with Gasteiger partial charge in [0.05, 0.1) is 5.69 Å². The van der Waals surface area contributed by atoms with Gasteiger partial charge < -0.3 is 0 Å². The van der Waals surface area contributed by atoms with Crippen molar-refractivity contribution in [3.8, 4) is 17.1 Å². The standard InChI is InChI=1S/C15H11ClFN3/c1-10-9-12(17)7-8-13(10)20-14(18-19-15(20)16)11-5-3-2-4-6-11/h2-9H,1H3. The van der Waals surface area contributed by atoms with Gasteiger partial charge in [-0.05, 0) is 42.3 Å². The third kappa shape index (κ3) is 2.18. The fourth-order valence-corrected chi connectivity index (χ4v) is 2.33. The number of hydrogen-bond donors (Lipinski definition) is 0. The van der Waals surface area contributed by atoms with E-state index in [0.29, 0.717) is 5.82 Å². The van der Waals surface area contributed by atoms with Gasteiger partial charge in [-0.25, -0.2) is 4.39 Å². The fraction of sp³-hybridized carbons (Fsp3) is 0.0667. The highest BCUT2D eigenvalue weighted by molar-refractivity contribution is 6.28. The third-order valence-corrected chi connectivity index (χ3v) is 3.30. The first kappa shape index (κ1) is 12.8. The second kappa shape index (κ2) is 5.06. The number of benzene rings is 2. The molecule has 3 aromatic rings. The molecule has 20 heavy (non-hydrogen) atoms. The third-order valence-electron chi connectivity index (χ3n) is 3.06.